The zero-order chi connectivity index (χ0) is 15.7. The van der Waals surface area contributed by atoms with Gasteiger partial charge in [0.2, 0.25) is 0 Å². The minimum atomic E-state index is -0.513. The first kappa shape index (κ1) is 15.8. The molecule has 0 aromatic carbocycles. The zero-order valence-corrected chi connectivity index (χ0v) is 13.7. The number of hydrogen-bond acceptors (Lipinski definition) is 3. The molecule has 1 N–H and O–H groups in total. The minimum Gasteiger partial charge on any atom is -0.462 e. The molecule has 2 aliphatic carbocycles. The molecule has 1 heterocycles. The van der Waals surface area contributed by atoms with Crippen LogP contribution in [0.1, 0.15) is 52.4 Å². The van der Waals surface area contributed by atoms with Crippen LogP contribution < -0.4 is 0 Å². The quantitative estimate of drug-likeness (QED) is 0.810. The van der Waals surface area contributed by atoms with Crippen molar-refractivity contribution in [2.75, 3.05) is 0 Å². The van der Waals surface area contributed by atoms with Crippen LogP contribution in [0.2, 0.25) is 0 Å². The van der Waals surface area contributed by atoms with Gasteiger partial charge in [-0.3, -0.25) is 4.79 Å². The summed E-state index contributed by atoms with van der Waals surface area (Å²) in [6, 6.07) is 0. The number of hydrogen-bond donors (Lipinski definition) is 1. The number of carbonyl (C=O) groups is 1. The summed E-state index contributed by atoms with van der Waals surface area (Å²) in [7, 11) is 0. The fourth-order valence-corrected chi connectivity index (χ4v) is 4.44. The average molecular weight is 304 g/mol. The number of ether oxygens (including phenoxy) is 1. The number of cyclic esters (lactones) is 1. The molecule has 3 heteroatoms. The summed E-state index contributed by atoms with van der Waals surface area (Å²) in [6.07, 6.45) is 11.8. The molecule has 1 unspecified atom stereocenters. The van der Waals surface area contributed by atoms with Crippen LogP contribution in [0.4, 0.5) is 0 Å². The van der Waals surface area contributed by atoms with Crippen LogP contribution in [0.5, 0.6) is 0 Å². The van der Waals surface area contributed by atoms with Gasteiger partial charge < -0.3 is 9.84 Å². The smallest absolute Gasteiger partial charge is 0.308 e. The average Bonchev–Trinajstić information content (AvgIpc) is 2.45. The molecule has 0 amide bonds. The topological polar surface area (TPSA) is 46.5 Å². The number of aliphatic hydroxyl groups excluding tert-OH is 1. The van der Waals surface area contributed by atoms with E-state index >= 15 is 0 Å². The van der Waals surface area contributed by atoms with Crippen LogP contribution in [0.15, 0.2) is 23.8 Å². The highest BCUT2D eigenvalue weighted by Gasteiger charge is 2.34. The van der Waals surface area contributed by atoms with Gasteiger partial charge in [0.15, 0.2) is 0 Å². The molecule has 3 aliphatic rings. The summed E-state index contributed by atoms with van der Waals surface area (Å²) in [5, 5.41) is 9.73. The molecule has 3 nitrogen and oxygen atoms in total. The van der Waals surface area contributed by atoms with E-state index in [1.165, 1.54) is 18.4 Å². The zero-order valence-electron chi connectivity index (χ0n) is 13.7. The van der Waals surface area contributed by atoms with E-state index in [1.807, 2.05) is 0 Å². The van der Waals surface area contributed by atoms with Crippen LogP contribution >= 0.6 is 0 Å². The maximum absolute atomic E-state index is 11.5. The maximum atomic E-state index is 11.5. The Labute approximate surface area is 133 Å². The molecule has 0 radical (unpaired) electrons. The first-order valence-corrected chi connectivity index (χ1v) is 8.80. The third-order valence-corrected chi connectivity index (χ3v) is 5.68. The van der Waals surface area contributed by atoms with Gasteiger partial charge in [-0.2, -0.15) is 0 Å². The summed E-state index contributed by atoms with van der Waals surface area (Å²) in [6.45, 7) is 4.60. The number of allylic oxidation sites excluding steroid dienone is 4. The lowest BCUT2D eigenvalue weighted by molar-refractivity contribution is -0.160. The first-order chi connectivity index (χ1) is 10.5. The third kappa shape index (κ3) is 3.45. The van der Waals surface area contributed by atoms with Crippen molar-refractivity contribution in [2.45, 2.75) is 64.6 Å². The molecule has 1 fully saturated rings. The molecule has 6 atom stereocenters. The SMILES string of the molecule is C[C@H]1C=C2C=C[C@H](C)[C@H](CCC3C[C@@H](O)CC(=O)O3)[C@H]2CC1. The fraction of sp³-hybridized carbons (Fsp3) is 0.737. The molecule has 22 heavy (non-hydrogen) atoms. The predicted octanol–water partition coefficient (Wildman–Crippen LogP) is 3.63. The molecule has 1 aliphatic heterocycles. The van der Waals surface area contributed by atoms with Crippen molar-refractivity contribution in [3.63, 3.8) is 0 Å². The lowest BCUT2D eigenvalue weighted by atomic mass is 9.66. The summed E-state index contributed by atoms with van der Waals surface area (Å²) in [5.74, 6) is 2.34. The standard InChI is InChI=1S/C19H28O3/c1-12-3-7-18-14(9-12)5-4-13(2)17(18)8-6-16-10-15(20)11-19(21)22-16/h4-5,9,12-13,15-18,20H,3,6-8,10-11H2,1-2H3/t12-,13+,15-,16?,17+,18+/m1/s1. The van der Waals surface area contributed by atoms with Gasteiger partial charge in [0.1, 0.15) is 6.10 Å². The number of carbonyl (C=O) groups excluding carboxylic acids is 1. The Bertz CT molecular complexity index is 479. The Morgan fingerprint density at radius 1 is 1.27 bits per heavy atom. The van der Waals surface area contributed by atoms with Crippen LogP contribution in [-0.2, 0) is 9.53 Å². The van der Waals surface area contributed by atoms with E-state index in [1.54, 1.807) is 0 Å². The largest absolute Gasteiger partial charge is 0.462 e. The molecule has 3 rings (SSSR count). The number of aliphatic hydroxyl groups is 1. The highest BCUT2D eigenvalue weighted by Crippen LogP contribution is 2.43. The Morgan fingerprint density at radius 2 is 2.09 bits per heavy atom. The van der Waals surface area contributed by atoms with Crippen molar-refractivity contribution in [2.24, 2.45) is 23.7 Å². The van der Waals surface area contributed by atoms with Gasteiger partial charge in [0, 0.05) is 6.42 Å². The number of rotatable bonds is 3. The molecule has 0 saturated carbocycles. The lowest BCUT2D eigenvalue weighted by Gasteiger charge is -2.39. The highest BCUT2D eigenvalue weighted by molar-refractivity contribution is 5.70. The number of fused-ring (bicyclic) bond motifs is 1. The van der Waals surface area contributed by atoms with Crippen molar-refractivity contribution in [1.29, 1.82) is 0 Å². The van der Waals surface area contributed by atoms with Gasteiger partial charge in [-0.1, -0.05) is 32.1 Å². The highest BCUT2D eigenvalue weighted by atomic mass is 16.5. The van der Waals surface area contributed by atoms with Crippen LogP contribution in [0.3, 0.4) is 0 Å². The monoisotopic (exact) mass is 304 g/mol. The first-order valence-electron chi connectivity index (χ1n) is 8.80. The van der Waals surface area contributed by atoms with Crippen molar-refractivity contribution in [3.8, 4) is 0 Å². The second-order valence-electron chi connectivity index (χ2n) is 7.49. The van der Waals surface area contributed by atoms with E-state index < -0.39 is 6.10 Å². The van der Waals surface area contributed by atoms with E-state index in [-0.39, 0.29) is 18.5 Å². The molecule has 0 spiro atoms. The summed E-state index contributed by atoms with van der Waals surface area (Å²) < 4.78 is 5.40. The van der Waals surface area contributed by atoms with Crippen LogP contribution in [0.25, 0.3) is 0 Å². The van der Waals surface area contributed by atoms with Gasteiger partial charge in [-0.15, -0.1) is 0 Å². The molecule has 0 aromatic rings. The predicted molar refractivity (Wildman–Crippen MR) is 86.1 cm³/mol. The minimum absolute atomic E-state index is 0.0932. The fourth-order valence-electron chi connectivity index (χ4n) is 4.44. The van der Waals surface area contributed by atoms with E-state index in [2.05, 4.69) is 32.1 Å². The molecule has 0 bridgehead atoms. The van der Waals surface area contributed by atoms with Gasteiger partial charge >= 0.3 is 5.97 Å². The van der Waals surface area contributed by atoms with Crippen LogP contribution in [-0.4, -0.2) is 23.3 Å². The van der Waals surface area contributed by atoms with E-state index in [0.717, 1.165) is 12.8 Å². The molecule has 122 valence electrons. The van der Waals surface area contributed by atoms with E-state index in [0.29, 0.717) is 30.1 Å². The Hall–Kier alpha value is -1.09. The molecular weight excluding hydrogens is 276 g/mol. The van der Waals surface area contributed by atoms with E-state index in [9.17, 15) is 9.90 Å². The normalized spacial score (nSPS) is 41.6. The third-order valence-electron chi connectivity index (χ3n) is 5.68. The summed E-state index contributed by atoms with van der Waals surface area (Å²) in [5.41, 5.74) is 1.52. The maximum Gasteiger partial charge on any atom is 0.308 e. The Balaban J connectivity index is 1.63. The Morgan fingerprint density at radius 3 is 2.86 bits per heavy atom. The van der Waals surface area contributed by atoms with Gasteiger partial charge in [-0.25, -0.2) is 0 Å². The van der Waals surface area contributed by atoms with Gasteiger partial charge in [-0.05, 0) is 54.9 Å². The van der Waals surface area contributed by atoms with Crippen molar-refractivity contribution in [1.82, 2.24) is 0 Å². The van der Waals surface area contributed by atoms with Crippen molar-refractivity contribution < 1.29 is 14.6 Å². The molecular formula is C19H28O3. The van der Waals surface area contributed by atoms with Crippen molar-refractivity contribution in [3.05, 3.63) is 23.8 Å². The lowest BCUT2D eigenvalue weighted by Crippen LogP contribution is -2.34. The molecule has 1 saturated heterocycles. The second kappa shape index (κ2) is 6.57. The van der Waals surface area contributed by atoms with Crippen molar-refractivity contribution >= 4 is 5.97 Å². The summed E-state index contributed by atoms with van der Waals surface area (Å²) in [4.78, 5) is 11.5. The van der Waals surface area contributed by atoms with Gasteiger partial charge in [0.25, 0.3) is 0 Å². The van der Waals surface area contributed by atoms with E-state index in [4.69, 9.17) is 4.74 Å². The second-order valence-corrected chi connectivity index (χ2v) is 7.49. The van der Waals surface area contributed by atoms with Crippen LogP contribution in [0, 0.1) is 23.7 Å². The Kier molecular flexibility index (Phi) is 4.72. The molecule has 0 aromatic heterocycles. The summed E-state index contributed by atoms with van der Waals surface area (Å²) >= 11 is 0. The number of esters is 1. The van der Waals surface area contributed by atoms with Gasteiger partial charge in [0.05, 0.1) is 12.5 Å².